The molecule has 0 radical (unpaired) electrons. The van der Waals surface area contributed by atoms with Gasteiger partial charge >= 0.3 is 0 Å². The lowest BCUT2D eigenvalue weighted by atomic mass is 10.0. The van der Waals surface area contributed by atoms with Gasteiger partial charge in [0.05, 0.1) is 11.6 Å². The molecule has 0 aliphatic carbocycles. The zero-order valence-electron chi connectivity index (χ0n) is 12.4. The van der Waals surface area contributed by atoms with Crippen LogP contribution >= 0.6 is 0 Å². The largest absolute Gasteiger partial charge is 0.489 e. The number of nitriles is 1. The molecule has 2 rings (SSSR count). The summed E-state index contributed by atoms with van der Waals surface area (Å²) in [5.74, 6) is 0.936. The highest BCUT2D eigenvalue weighted by molar-refractivity contribution is 5.42. The van der Waals surface area contributed by atoms with Crippen molar-refractivity contribution in [2.75, 3.05) is 0 Å². The van der Waals surface area contributed by atoms with Crippen LogP contribution < -0.4 is 4.74 Å². The van der Waals surface area contributed by atoms with E-state index in [2.05, 4.69) is 39.0 Å². The first kappa shape index (κ1) is 14.1. The quantitative estimate of drug-likeness (QED) is 0.825. The van der Waals surface area contributed by atoms with E-state index in [9.17, 15) is 0 Å². The lowest BCUT2D eigenvalue weighted by Crippen LogP contribution is -2.01. The first-order chi connectivity index (χ1) is 9.51. The summed E-state index contributed by atoms with van der Waals surface area (Å²) in [6.45, 7) is 8.79. The van der Waals surface area contributed by atoms with Gasteiger partial charge in [-0.05, 0) is 73.7 Å². The van der Waals surface area contributed by atoms with Crippen molar-refractivity contribution in [2.24, 2.45) is 0 Å². The van der Waals surface area contributed by atoms with Gasteiger partial charge in [-0.25, -0.2) is 0 Å². The molecule has 102 valence electrons. The summed E-state index contributed by atoms with van der Waals surface area (Å²) < 4.78 is 5.96. The first-order valence-electron chi connectivity index (χ1n) is 6.71. The van der Waals surface area contributed by atoms with E-state index in [0.29, 0.717) is 12.2 Å². The molecule has 0 amide bonds. The molecule has 0 saturated heterocycles. The SMILES string of the molecule is Cc1cc(C)c(C)c(OCc2ccc(C#N)cc2C)c1. The molecule has 2 aromatic carbocycles. The molecule has 0 bridgehead atoms. The smallest absolute Gasteiger partial charge is 0.123 e. The Morgan fingerprint density at radius 3 is 2.40 bits per heavy atom. The van der Waals surface area contributed by atoms with E-state index < -0.39 is 0 Å². The fourth-order valence-corrected chi connectivity index (χ4v) is 2.23. The average molecular weight is 265 g/mol. The number of rotatable bonds is 3. The van der Waals surface area contributed by atoms with Crippen molar-refractivity contribution in [3.8, 4) is 11.8 Å². The maximum Gasteiger partial charge on any atom is 0.123 e. The van der Waals surface area contributed by atoms with Crippen LogP contribution in [0.1, 0.15) is 33.4 Å². The molecule has 0 N–H and O–H groups in total. The molecule has 2 heteroatoms. The summed E-state index contributed by atoms with van der Waals surface area (Å²) in [6, 6.07) is 12.1. The number of nitrogens with zero attached hydrogens (tertiary/aromatic N) is 1. The maximum atomic E-state index is 8.88. The summed E-state index contributed by atoms with van der Waals surface area (Å²) >= 11 is 0. The molecular weight excluding hydrogens is 246 g/mol. The van der Waals surface area contributed by atoms with Gasteiger partial charge in [0.1, 0.15) is 12.4 Å². The van der Waals surface area contributed by atoms with Crippen molar-refractivity contribution in [1.82, 2.24) is 0 Å². The van der Waals surface area contributed by atoms with Gasteiger partial charge in [0.25, 0.3) is 0 Å². The Labute approximate surface area is 120 Å². The minimum Gasteiger partial charge on any atom is -0.489 e. The average Bonchev–Trinajstić information content (AvgIpc) is 2.42. The fraction of sp³-hybridized carbons (Fsp3) is 0.278. The van der Waals surface area contributed by atoms with Gasteiger partial charge in [0.2, 0.25) is 0 Å². The predicted octanol–water partition coefficient (Wildman–Crippen LogP) is 4.37. The van der Waals surface area contributed by atoms with Gasteiger partial charge in [-0.1, -0.05) is 12.1 Å². The fourth-order valence-electron chi connectivity index (χ4n) is 2.23. The van der Waals surface area contributed by atoms with Crippen molar-refractivity contribution in [3.05, 3.63) is 63.7 Å². The molecule has 0 unspecified atom stereocenters. The number of ether oxygens (including phenoxy) is 1. The van der Waals surface area contributed by atoms with Crippen molar-refractivity contribution in [2.45, 2.75) is 34.3 Å². The van der Waals surface area contributed by atoms with E-state index in [4.69, 9.17) is 10.00 Å². The Balaban J connectivity index is 2.19. The molecule has 2 nitrogen and oxygen atoms in total. The van der Waals surface area contributed by atoms with Gasteiger partial charge in [-0.2, -0.15) is 5.26 Å². The van der Waals surface area contributed by atoms with Gasteiger partial charge in [-0.15, -0.1) is 0 Å². The van der Waals surface area contributed by atoms with E-state index in [1.54, 1.807) is 0 Å². The summed E-state index contributed by atoms with van der Waals surface area (Å²) in [5, 5.41) is 8.88. The second kappa shape index (κ2) is 5.79. The molecule has 0 spiro atoms. The second-order valence-electron chi connectivity index (χ2n) is 5.25. The van der Waals surface area contributed by atoms with Gasteiger partial charge < -0.3 is 4.74 Å². The number of hydrogen-bond donors (Lipinski definition) is 0. The van der Waals surface area contributed by atoms with Crippen LogP contribution in [0, 0.1) is 39.0 Å². The summed E-state index contributed by atoms with van der Waals surface area (Å²) in [4.78, 5) is 0. The van der Waals surface area contributed by atoms with Crippen molar-refractivity contribution < 1.29 is 4.74 Å². The monoisotopic (exact) mass is 265 g/mol. The van der Waals surface area contributed by atoms with E-state index in [1.807, 2.05) is 25.1 Å². The second-order valence-corrected chi connectivity index (χ2v) is 5.25. The molecule has 2 aromatic rings. The van der Waals surface area contributed by atoms with E-state index in [0.717, 1.165) is 16.9 Å². The van der Waals surface area contributed by atoms with Crippen molar-refractivity contribution >= 4 is 0 Å². The third-order valence-corrected chi connectivity index (χ3v) is 3.62. The maximum absolute atomic E-state index is 8.88. The zero-order chi connectivity index (χ0) is 14.7. The van der Waals surface area contributed by atoms with Crippen LogP contribution in [0.2, 0.25) is 0 Å². The lowest BCUT2D eigenvalue weighted by Gasteiger charge is -2.13. The molecule has 0 heterocycles. The third-order valence-electron chi connectivity index (χ3n) is 3.62. The highest BCUT2D eigenvalue weighted by atomic mass is 16.5. The number of hydrogen-bond acceptors (Lipinski definition) is 2. The lowest BCUT2D eigenvalue weighted by molar-refractivity contribution is 0.303. The van der Waals surface area contributed by atoms with Crippen LogP contribution in [0.5, 0.6) is 5.75 Å². The van der Waals surface area contributed by atoms with Crippen LogP contribution in [0.15, 0.2) is 30.3 Å². The molecule has 0 saturated carbocycles. The molecule has 20 heavy (non-hydrogen) atoms. The zero-order valence-corrected chi connectivity index (χ0v) is 12.4. The molecule has 0 aliphatic rings. The Kier molecular flexibility index (Phi) is 4.10. The Hall–Kier alpha value is -2.27. The standard InChI is InChI=1S/C18H19NO/c1-12-7-13(2)15(4)18(8-12)20-11-17-6-5-16(10-19)9-14(17)3/h5-9H,11H2,1-4H3. The summed E-state index contributed by atoms with van der Waals surface area (Å²) in [7, 11) is 0. The van der Waals surface area contributed by atoms with Crippen LogP contribution in [0.3, 0.4) is 0 Å². The van der Waals surface area contributed by atoms with E-state index in [1.165, 1.54) is 16.7 Å². The first-order valence-corrected chi connectivity index (χ1v) is 6.71. The normalized spacial score (nSPS) is 10.2. The summed E-state index contributed by atoms with van der Waals surface area (Å²) in [5.41, 5.74) is 6.53. The van der Waals surface area contributed by atoms with Gasteiger partial charge in [0.15, 0.2) is 0 Å². The Morgan fingerprint density at radius 2 is 1.75 bits per heavy atom. The molecule has 0 aromatic heterocycles. The predicted molar refractivity (Wildman–Crippen MR) is 80.9 cm³/mol. The Morgan fingerprint density at radius 1 is 1.00 bits per heavy atom. The summed E-state index contributed by atoms with van der Waals surface area (Å²) in [6.07, 6.45) is 0. The highest BCUT2D eigenvalue weighted by Crippen LogP contribution is 2.24. The topological polar surface area (TPSA) is 33.0 Å². The molecular formula is C18H19NO. The van der Waals surface area contributed by atoms with Gasteiger partial charge in [0, 0.05) is 0 Å². The number of aryl methyl sites for hydroxylation is 3. The minimum absolute atomic E-state index is 0.529. The van der Waals surface area contributed by atoms with E-state index >= 15 is 0 Å². The van der Waals surface area contributed by atoms with Crippen LogP contribution in [0.4, 0.5) is 0 Å². The molecule has 0 fully saturated rings. The van der Waals surface area contributed by atoms with Crippen LogP contribution in [-0.2, 0) is 6.61 Å². The van der Waals surface area contributed by atoms with Crippen LogP contribution in [0.25, 0.3) is 0 Å². The third kappa shape index (κ3) is 3.00. The van der Waals surface area contributed by atoms with Gasteiger partial charge in [-0.3, -0.25) is 0 Å². The van der Waals surface area contributed by atoms with Crippen molar-refractivity contribution in [3.63, 3.8) is 0 Å². The van der Waals surface area contributed by atoms with Crippen LogP contribution in [-0.4, -0.2) is 0 Å². The van der Waals surface area contributed by atoms with Crippen molar-refractivity contribution in [1.29, 1.82) is 5.26 Å². The molecule has 0 aliphatic heterocycles. The number of benzene rings is 2. The highest BCUT2D eigenvalue weighted by Gasteiger charge is 2.06. The van der Waals surface area contributed by atoms with E-state index in [-0.39, 0.29) is 0 Å². The molecule has 0 atom stereocenters. The minimum atomic E-state index is 0.529. The Bertz CT molecular complexity index is 681.